The van der Waals surface area contributed by atoms with E-state index in [1.54, 1.807) is 22.2 Å². The Hall–Kier alpha value is -2.72. The predicted molar refractivity (Wildman–Crippen MR) is 109 cm³/mol. The van der Waals surface area contributed by atoms with Crippen LogP contribution in [-0.4, -0.2) is 9.55 Å². The number of aryl methyl sites for hydroxylation is 4. The van der Waals surface area contributed by atoms with Crippen molar-refractivity contribution < 1.29 is 0 Å². The van der Waals surface area contributed by atoms with Gasteiger partial charge in [-0.25, -0.2) is 4.98 Å². The summed E-state index contributed by atoms with van der Waals surface area (Å²) < 4.78 is 1.74. The highest BCUT2D eigenvalue weighted by atomic mass is 32.1. The first-order valence-corrected chi connectivity index (χ1v) is 9.54. The molecule has 4 aromatic rings. The highest BCUT2D eigenvalue weighted by Gasteiger charge is 2.16. The van der Waals surface area contributed by atoms with Crippen LogP contribution in [0, 0.1) is 13.8 Å². The van der Waals surface area contributed by atoms with Gasteiger partial charge in [0.15, 0.2) is 0 Å². The van der Waals surface area contributed by atoms with Crippen LogP contribution in [0.25, 0.3) is 21.3 Å². The van der Waals surface area contributed by atoms with Crippen molar-refractivity contribution in [3.8, 4) is 11.1 Å². The van der Waals surface area contributed by atoms with Gasteiger partial charge in [-0.1, -0.05) is 60.2 Å². The Morgan fingerprint density at radius 2 is 1.73 bits per heavy atom. The van der Waals surface area contributed by atoms with Gasteiger partial charge < -0.3 is 0 Å². The molecule has 26 heavy (non-hydrogen) atoms. The van der Waals surface area contributed by atoms with Gasteiger partial charge >= 0.3 is 0 Å². The Balaban J connectivity index is 1.78. The van der Waals surface area contributed by atoms with Crippen molar-refractivity contribution in [2.24, 2.45) is 0 Å². The van der Waals surface area contributed by atoms with Gasteiger partial charge in [-0.05, 0) is 31.4 Å². The van der Waals surface area contributed by atoms with Crippen LogP contribution in [0.5, 0.6) is 0 Å². The zero-order valence-electron chi connectivity index (χ0n) is 14.9. The molecule has 130 valence electrons. The number of nitrogens with zero attached hydrogens (tertiary/aromatic N) is 2. The van der Waals surface area contributed by atoms with Gasteiger partial charge in [-0.3, -0.25) is 9.36 Å². The van der Waals surface area contributed by atoms with Gasteiger partial charge in [0.05, 0.1) is 11.7 Å². The van der Waals surface area contributed by atoms with Crippen LogP contribution in [-0.2, 0) is 13.0 Å². The molecule has 2 heterocycles. The van der Waals surface area contributed by atoms with E-state index in [2.05, 4.69) is 55.2 Å². The average molecular weight is 360 g/mol. The van der Waals surface area contributed by atoms with E-state index in [0.29, 0.717) is 6.54 Å². The smallest absolute Gasteiger partial charge is 0.262 e. The van der Waals surface area contributed by atoms with E-state index in [4.69, 9.17) is 0 Å². The molecule has 0 aliphatic rings. The molecule has 2 aromatic heterocycles. The van der Waals surface area contributed by atoms with E-state index < -0.39 is 0 Å². The largest absolute Gasteiger partial charge is 0.298 e. The maximum Gasteiger partial charge on any atom is 0.262 e. The van der Waals surface area contributed by atoms with Crippen molar-refractivity contribution in [2.45, 2.75) is 26.8 Å². The summed E-state index contributed by atoms with van der Waals surface area (Å²) in [5.41, 5.74) is 4.59. The van der Waals surface area contributed by atoms with Crippen molar-refractivity contribution in [3.63, 3.8) is 0 Å². The fourth-order valence-corrected chi connectivity index (χ4v) is 4.26. The molecule has 3 nitrogen and oxygen atoms in total. The van der Waals surface area contributed by atoms with Gasteiger partial charge in [-0.2, -0.15) is 0 Å². The summed E-state index contributed by atoms with van der Waals surface area (Å²) >= 11 is 1.59. The lowest BCUT2D eigenvalue weighted by Gasteiger charge is -2.07. The lowest BCUT2D eigenvalue weighted by atomic mass is 10.0. The number of hydrogen-bond donors (Lipinski definition) is 0. The van der Waals surface area contributed by atoms with Gasteiger partial charge in [0.2, 0.25) is 0 Å². The van der Waals surface area contributed by atoms with Crippen LogP contribution in [0.15, 0.2) is 65.7 Å². The van der Waals surface area contributed by atoms with Crippen LogP contribution >= 0.6 is 11.3 Å². The lowest BCUT2D eigenvalue weighted by Crippen LogP contribution is -2.21. The Bertz CT molecular complexity index is 1110. The van der Waals surface area contributed by atoms with Crippen molar-refractivity contribution in [1.29, 1.82) is 0 Å². The third kappa shape index (κ3) is 3.08. The Kier molecular flexibility index (Phi) is 4.43. The molecule has 0 unspecified atom stereocenters. The normalized spacial score (nSPS) is 11.2. The summed E-state index contributed by atoms with van der Waals surface area (Å²) in [7, 11) is 0. The van der Waals surface area contributed by atoms with Gasteiger partial charge in [-0.15, -0.1) is 11.3 Å². The monoisotopic (exact) mass is 360 g/mol. The maximum absolute atomic E-state index is 13.2. The highest BCUT2D eigenvalue weighted by molar-refractivity contribution is 7.19. The van der Waals surface area contributed by atoms with E-state index in [9.17, 15) is 4.79 Å². The summed E-state index contributed by atoms with van der Waals surface area (Å²) in [6, 6.07) is 18.6. The van der Waals surface area contributed by atoms with Crippen LogP contribution in [0.4, 0.5) is 0 Å². The third-order valence-corrected chi connectivity index (χ3v) is 5.69. The summed E-state index contributed by atoms with van der Waals surface area (Å²) in [4.78, 5) is 19.7. The van der Waals surface area contributed by atoms with E-state index in [1.807, 2.05) is 18.2 Å². The minimum absolute atomic E-state index is 0.0471. The van der Waals surface area contributed by atoms with E-state index in [1.165, 1.54) is 11.1 Å². The SMILES string of the molecule is Cc1ccc(-c2c(C)sc3ncn(CCc4ccccc4)c(=O)c23)cc1. The summed E-state index contributed by atoms with van der Waals surface area (Å²) in [6.07, 6.45) is 2.50. The lowest BCUT2D eigenvalue weighted by molar-refractivity contribution is 0.663. The second kappa shape index (κ2) is 6.89. The number of rotatable bonds is 4. The summed E-state index contributed by atoms with van der Waals surface area (Å²) in [5.74, 6) is 0. The number of hydrogen-bond acceptors (Lipinski definition) is 3. The zero-order valence-corrected chi connectivity index (χ0v) is 15.7. The topological polar surface area (TPSA) is 34.9 Å². The van der Waals surface area contributed by atoms with Crippen molar-refractivity contribution in [1.82, 2.24) is 9.55 Å². The van der Waals surface area contributed by atoms with Crippen LogP contribution in [0.3, 0.4) is 0 Å². The molecule has 0 bridgehead atoms. The van der Waals surface area contributed by atoms with Crippen LogP contribution in [0.2, 0.25) is 0 Å². The van der Waals surface area contributed by atoms with E-state index in [0.717, 1.165) is 32.6 Å². The van der Waals surface area contributed by atoms with Gasteiger partial charge in [0.25, 0.3) is 5.56 Å². The minimum atomic E-state index is 0.0471. The number of aromatic nitrogens is 2. The number of benzene rings is 2. The fraction of sp³-hybridized carbons (Fsp3) is 0.182. The van der Waals surface area contributed by atoms with Crippen LogP contribution < -0.4 is 5.56 Å². The molecule has 4 rings (SSSR count). The first-order valence-electron chi connectivity index (χ1n) is 8.73. The second-order valence-corrected chi connectivity index (χ2v) is 7.76. The first-order chi connectivity index (χ1) is 12.6. The Morgan fingerprint density at radius 1 is 1.00 bits per heavy atom. The second-order valence-electron chi connectivity index (χ2n) is 6.56. The van der Waals surface area contributed by atoms with Gasteiger partial charge in [0.1, 0.15) is 4.83 Å². The number of fused-ring (bicyclic) bond motifs is 1. The molecule has 2 aromatic carbocycles. The van der Waals surface area contributed by atoms with E-state index >= 15 is 0 Å². The fourth-order valence-electron chi connectivity index (χ4n) is 3.26. The molecule has 0 saturated heterocycles. The van der Waals surface area contributed by atoms with Crippen molar-refractivity contribution in [2.75, 3.05) is 0 Å². The molecule has 0 amide bonds. The summed E-state index contributed by atoms with van der Waals surface area (Å²) in [6.45, 7) is 4.77. The minimum Gasteiger partial charge on any atom is -0.298 e. The molecule has 0 aliphatic heterocycles. The van der Waals surface area contributed by atoms with Crippen LogP contribution in [0.1, 0.15) is 16.0 Å². The summed E-state index contributed by atoms with van der Waals surface area (Å²) in [5, 5.41) is 0.743. The Morgan fingerprint density at radius 3 is 2.46 bits per heavy atom. The highest BCUT2D eigenvalue weighted by Crippen LogP contribution is 2.35. The molecule has 0 saturated carbocycles. The molecular weight excluding hydrogens is 340 g/mol. The predicted octanol–water partition coefficient (Wildman–Crippen LogP) is 4.98. The molecule has 0 atom stereocenters. The molecule has 0 fully saturated rings. The molecule has 0 radical (unpaired) electrons. The molecule has 4 heteroatoms. The molecule has 0 N–H and O–H groups in total. The third-order valence-electron chi connectivity index (χ3n) is 4.68. The molecule has 0 aliphatic carbocycles. The zero-order chi connectivity index (χ0) is 18.1. The molecule has 0 spiro atoms. The van der Waals surface area contributed by atoms with Crippen molar-refractivity contribution in [3.05, 3.63) is 87.3 Å². The quantitative estimate of drug-likeness (QED) is 0.514. The average Bonchev–Trinajstić information content (AvgIpc) is 3.00. The molecular formula is C22H20N2OS. The standard InChI is InChI=1S/C22H20N2OS/c1-15-8-10-18(11-9-15)19-16(2)26-21-20(19)22(25)24(14-23-21)13-12-17-6-4-3-5-7-17/h3-11,14H,12-13H2,1-2H3. The first kappa shape index (κ1) is 16.7. The van der Waals surface area contributed by atoms with Crippen molar-refractivity contribution >= 4 is 21.6 Å². The number of thiophene rings is 1. The maximum atomic E-state index is 13.2. The van der Waals surface area contributed by atoms with Gasteiger partial charge in [0, 0.05) is 17.0 Å². The Labute approximate surface area is 156 Å². The van der Waals surface area contributed by atoms with E-state index in [-0.39, 0.29) is 5.56 Å².